The Labute approximate surface area is 215 Å². The molecule has 0 saturated heterocycles. The maximum Gasteiger partial charge on any atom is 0.270 e. The summed E-state index contributed by atoms with van der Waals surface area (Å²) < 4.78 is 0. The minimum atomic E-state index is -0.0394. The molecule has 1 saturated carbocycles. The van der Waals surface area contributed by atoms with E-state index in [-0.39, 0.29) is 5.91 Å². The maximum atomic E-state index is 12.7. The number of hydrogen-bond acceptors (Lipinski definition) is 4. The lowest BCUT2D eigenvalue weighted by atomic mass is 9.95. The second kappa shape index (κ2) is 11.4. The van der Waals surface area contributed by atoms with E-state index in [0.29, 0.717) is 18.3 Å². The van der Waals surface area contributed by atoms with Gasteiger partial charge in [0.25, 0.3) is 5.91 Å². The fraction of sp³-hybridized carbons (Fsp3) is 0.357. The number of para-hydroxylation sites is 1. The number of nitrogens with one attached hydrogen (secondary N) is 2. The largest absolute Gasteiger partial charge is 0.361 e. The van der Waals surface area contributed by atoms with E-state index in [2.05, 4.69) is 57.8 Å². The lowest BCUT2D eigenvalue weighted by molar-refractivity contribution is 0.0923. The molecule has 4 aromatic rings. The number of carbonyl (C=O) groups excluding carboxylic acids is 1. The Morgan fingerprint density at radius 2 is 1.89 bits per heavy atom. The van der Waals surface area contributed by atoms with Gasteiger partial charge >= 0.3 is 0 Å². The first-order chi connectivity index (χ1) is 17.1. The molecular formula is C28H31ClN4OS. The van der Waals surface area contributed by atoms with Crippen LogP contribution < -0.4 is 5.32 Å². The van der Waals surface area contributed by atoms with Gasteiger partial charge in [-0.1, -0.05) is 61.2 Å². The van der Waals surface area contributed by atoms with Crippen LogP contribution in [0, 0.1) is 0 Å². The summed E-state index contributed by atoms with van der Waals surface area (Å²) in [7, 11) is 0. The number of aromatic nitrogens is 2. The van der Waals surface area contributed by atoms with E-state index in [1.54, 1.807) is 11.3 Å². The molecule has 2 aromatic heterocycles. The van der Waals surface area contributed by atoms with Crippen LogP contribution in [0.5, 0.6) is 0 Å². The molecule has 182 valence electrons. The van der Waals surface area contributed by atoms with Crippen molar-refractivity contribution in [2.45, 2.75) is 57.7 Å². The fourth-order valence-corrected chi connectivity index (χ4v) is 5.81. The van der Waals surface area contributed by atoms with Gasteiger partial charge in [0, 0.05) is 46.6 Å². The number of rotatable bonds is 9. The normalized spacial score (nSPS) is 14.6. The number of fused-ring (bicyclic) bond motifs is 1. The molecule has 2 N–H and O–H groups in total. The molecule has 0 atom stereocenters. The summed E-state index contributed by atoms with van der Waals surface area (Å²) in [6, 6.07) is 16.7. The van der Waals surface area contributed by atoms with Crippen molar-refractivity contribution in [3.8, 4) is 0 Å². The SMILES string of the molecule is O=C(NC1CCCCC1)c1csc(CN(CCc2c[nH]c3ccccc23)Cc2ccc(Cl)cc2)n1. The molecule has 1 fully saturated rings. The third-order valence-electron chi connectivity index (χ3n) is 6.78. The average molecular weight is 507 g/mol. The van der Waals surface area contributed by atoms with E-state index < -0.39 is 0 Å². The van der Waals surface area contributed by atoms with Crippen LogP contribution in [0.2, 0.25) is 5.02 Å². The number of aromatic amines is 1. The maximum absolute atomic E-state index is 12.7. The van der Waals surface area contributed by atoms with Crippen molar-refractivity contribution >= 4 is 39.7 Å². The predicted octanol–water partition coefficient (Wildman–Crippen LogP) is 6.59. The van der Waals surface area contributed by atoms with E-state index in [1.807, 2.05) is 17.5 Å². The molecule has 1 aliphatic carbocycles. The molecule has 0 unspecified atom stereocenters. The van der Waals surface area contributed by atoms with Crippen molar-refractivity contribution in [1.29, 1.82) is 0 Å². The molecule has 0 aliphatic heterocycles. The Hall–Kier alpha value is -2.67. The zero-order valence-corrected chi connectivity index (χ0v) is 21.4. The van der Waals surface area contributed by atoms with Gasteiger partial charge in [-0.15, -0.1) is 11.3 Å². The zero-order valence-electron chi connectivity index (χ0n) is 19.8. The molecule has 5 nitrogen and oxygen atoms in total. The highest BCUT2D eigenvalue weighted by molar-refractivity contribution is 7.09. The Kier molecular flexibility index (Phi) is 7.82. The lowest BCUT2D eigenvalue weighted by Crippen LogP contribution is -2.36. The molecule has 0 spiro atoms. The Morgan fingerprint density at radius 3 is 2.71 bits per heavy atom. The molecule has 1 amide bonds. The topological polar surface area (TPSA) is 61.0 Å². The van der Waals surface area contributed by atoms with Crippen molar-refractivity contribution in [2.24, 2.45) is 0 Å². The lowest BCUT2D eigenvalue weighted by Gasteiger charge is -2.22. The van der Waals surface area contributed by atoms with Crippen LogP contribution in [0.1, 0.15) is 58.7 Å². The summed E-state index contributed by atoms with van der Waals surface area (Å²) in [5.74, 6) is -0.0394. The van der Waals surface area contributed by atoms with Gasteiger partial charge < -0.3 is 10.3 Å². The van der Waals surface area contributed by atoms with Crippen LogP contribution in [-0.4, -0.2) is 33.4 Å². The van der Waals surface area contributed by atoms with Gasteiger partial charge in [-0.3, -0.25) is 9.69 Å². The average Bonchev–Trinajstić information content (AvgIpc) is 3.52. The first kappa shape index (κ1) is 24.0. The van der Waals surface area contributed by atoms with Crippen molar-refractivity contribution in [3.63, 3.8) is 0 Å². The van der Waals surface area contributed by atoms with Gasteiger partial charge in [0.2, 0.25) is 0 Å². The third-order valence-corrected chi connectivity index (χ3v) is 7.86. The zero-order chi connectivity index (χ0) is 24.0. The fourth-order valence-electron chi connectivity index (χ4n) is 4.86. The minimum Gasteiger partial charge on any atom is -0.361 e. The van der Waals surface area contributed by atoms with Crippen LogP contribution in [-0.2, 0) is 19.5 Å². The van der Waals surface area contributed by atoms with Gasteiger partial charge in [-0.2, -0.15) is 0 Å². The van der Waals surface area contributed by atoms with Crippen LogP contribution >= 0.6 is 22.9 Å². The first-order valence-electron chi connectivity index (χ1n) is 12.4. The van der Waals surface area contributed by atoms with Crippen LogP contribution in [0.25, 0.3) is 10.9 Å². The summed E-state index contributed by atoms with van der Waals surface area (Å²) in [5, 5.41) is 8.06. The van der Waals surface area contributed by atoms with Gasteiger partial charge in [0.1, 0.15) is 10.7 Å². The Bertz CT molecular complexity index is 1260. The highest BCUT2D eigenvalue weighted by Crippen LogP contribution is 2.22. The van der Waals surface area contributed by atoms with E-state index in [9.17, 15) is 4.79 Å². The molecule has 7 heteroatoms. The summed E-state index contributed by atoms with van der Waals surface area (Å²) in [6.45, 7) is 2.38. The van der Waals surface area contributed by atoms with E-state index in [4.69, 9.17) is 16.6 Å². The van der Waals surface area contributed by atoms with Gasteiger partial charge in [0.15, 0.2) is 0 Å². The van der Waals surface area contributed by atoms with Gasteiger partial charge in [0.05, 0.1) is 6.54 Å². The van der Waals surface area contributed by atoms with E-state index >= 15 is 0 Å². The third kappa shape index (κ3) is 6.31. The standard InChI is InChI=1S/C28H31ClN4OS/c29-22-12-10-20(11-13-22)17-33(15-14-21-16-30-25-9-5-4-8-24(21)25)18-27-32-26(19-35-27)28(34)31-23-6-2-1-3-7-23/h4-5,8-13,16,19,23,30H,1-3,6-7,14-15,17-18H2,(H,31,34). The second-order valence-electron chi connectivity index (χ2n) is 9.38. The minimum absolute atomic E-state index is 0.0394. The number of benzene rings is 2. The number of thiazole rings is 1. The molecule has 2 aromatic carbocycles. The van der Waals surface area contributed by atoms with Crippen molar-refractivity contribution in [1.82, 2.24) is 20.2 Å². The number of halogens is 1. The quantitative estimate of drug-likeness (QED) is 0.269. The molecule has 1 aliphatic rings. The number of H-pyrrole nitrogens is 1. The molecule has 2 heterocycles. The molecule has 0 radical (unpaired) electrons. The summed E-state index contributed by atoms with van der Waals surface area (Å²) in [5.41, 5.74) is 4.23. The number of nitrogens with zero attached hydrogens (tertiary/aromatic N) is 2. The summed E-state index contributed by atoms with van der Waals surface area (Å²) in [6.07, 6.45) is 8.86. The molecule has 0 bridgehead atoms. The highest BCUT2D eigenvalue weighted by Gasteiger charge is 2.19. The van der Waals surface area contributed by atoms with E-state index in [0.717, 1.165) is 42.4 Å². The highest BCUT2D eigenvalue weighted by atomic mass is 35.5. The molecule has 5 rings (SSSR count). The van der Waals surface area contributed by atoms with Crippen molar-refractivity contribution in [3.05, 3.63) is 87.0 Å². The van der Waals surface area contributed by atoms with Crippen LogP contribution in [0.4, 0.5) is 0 Å². The first-order valence-corrected chi connectivity index (χ1v) is 13.7. The van der Waals surface area contributed by atoms with Crippen molar-refractivity contribution < 1.29 is 4.79 Å². The Morgan fingerprint density at radius 1 is 1.09 bits per heavy atom. The van der Waals surface area contributed by atoms with E-state index in [1.165, 1.54) is 41.3 Å². The monoisotopic (exact) mass is 506 g/mol. The predicted molar refractivity (Wildman–Crippen MR) is 144 cm³/mol. The smallest absolute Gasteiger partial charge is 0.270 e. The number of hydrogen-bond donors (Lipinski definition) is 2. The summed E-state index contributed by atoms with van der Waals surface area (Å²) in [4.78, 5) is 23.2. The van der Waals surface area contributed by atoms with Crippen LogP contribution in [0.15, 0.2) is 60.1 Å². The molecule has 35 heavy (non-hydrogen) atoms. The van der Waals surface area contributed by atoms with Gasteiger partial charge in [-0.05, 0) is 48.6 Å². The second-order valence-corrected chi connectivity index (χ2v) is 10.8. The van der Waals surface area contributed by atoms with Gasteiger partial charge in [-0.25, -0.2) is 4.98 Å². The number of amides is 1. The number of carbonyl (C=O) groups is 1. The van der Waals surface area contributed by atoms with Crippen LogP contribution in [0.3, 0.4) is 0 Å². The molecular weight excluding hydrogens is 476 g/mol. The summed E-state index contributed by atoms with van der Waals surface area (Å²) >= 11 is 7.67. The van der Waals surface area contributed by atoms with Crippen molar-refractivity contribution in [2.75, 3.05) is 6.54 Å². The Balaban J connectivity index is 1.27.